The van der Waals surface area contributed by atoms with Gasteiger partial charge in [0.25, 0.3) is 0 Å². The third-order valence-corrected chi connectivity index (χ3v) is 2.91. The Morgan fingerprint density at radius 1 is 1.29 bits per heavy atom. The summed E-state index contributed by atoms with van der Waals surface area (Å²) < 4.78 is 15.7. The molecule has 2 atom stereocenters. The minimum Gasteiger partial charge on any atom is -0.481 e. The summed E-state index contributed by atoms with van der Waals surface area (Å²) in [7, 11) is 2.89. The molecule has 0 aliphatic carbocycles. The minimum atomic E-state index is -1.21. The third-order valence-electron chi connectivity index (χ3n) is 2.91. The van der Waals surface area contributed by atoms with Crippen LogP contribution in [-0.4, -0.2) is 53.1 Å². The van der Waals surface area contributed by atoms with Crippen LogP contribution in [0.4, 0.5) is 0 Å². The zero-order valence-corrected chi connectivity index (χ0v) is 11.8. The normalized spacial score (nSPS) is 23.7. The number of aromatic nitrogens is 2. The Morgan fingerprint density at radius 2 is 1.90 bits per heavy atom. The molecular formula is C13H15N3O5. The zero-order chi connectivity index (χ0) is 15.5. The number of hydrogen-bond acceptors (Lipinski definition) is 7. The maximum absolute atomic E-state index is 11.3. The maximum atomic E-state index is 11.3. The fourth-order valence-corrected chi connectivity index (χ4v) is 1.84. The van der Waals surface area contributed by atoms with E-state index in [0.29, 0.717) is 0 Å². The summed E-state index contributed by atoms with van der Waals surface area (Å²) in [6.07, 6.45) is 4.61. The van der Waals surface area contributed by atoms with Crippen molar-refractivity contribution in [1.82, 2.24) is 9.97 Å². The van der Waals surface area contributed by atoms with E-state index in [1.54, 1.807) is 19.1 Å². The molecule has 8 heteroatoms. The number of nitrogens with zero attached hydrogens (tertiary/aromatic N) is 3. The van der Waals surface area contributed by atoms with Crippen LogP contribution < -0.4 is 14.2 Å². The molecule has 8 nitrogen and oxygen atoms in total. The molecule has 0 bridgehead atoms. The van der Waals surface area contributed by atoms with E-state index in [1.807, 2.05) is 0 Å². The molecule has 0 radical (unpaired) electrons. The molecule has 0 amide bonds. The van der Waals surface area contributed by atoms with Crippen molar-refractivity contribution in [3.63, 3.8) is 0 Å². The molecule has 1 aliphatic rings. The van der Waals surface area contributed by atoms with Crippen LogP contribution in [0.1, 0.15) is 6.92 Å². The van der Waals surface area contributed by atoms with Crippen molar-refractivity contribution in [2.45, 2.75) is 18.6 Å². The van der Waals surface area contributed by atoms with Gasteiger partial charge in [0.2, 0.25) is 11.8 Å². The first kappa shape index (κ1) is 14.8. The van der Waals surface area contributed by atoms with Gasteiger partial charge < -0.3 is 19.3 Å². The van der Waals surface area contributed by atoms with Crippen LogP contribution >= 0.6 is 0 Å². The standard InChI is InChI=1S/C13H15N3O5/c1-13(5-4-6-14-10(13)11(17)18)21-12-15-8(19-2)7-9(16-12)20-3/h4-7,10H,1-3H3,(H,17,18). The van der Waals surface area contributed by atoms with Crippen molar-refractivity contribution in [2.75, 3.05) is 14.2 Å². The van der Waals surface area contributed by atoms with Crippen molar-refractivity contribution in [3.8, 4) is 17.8 Å². The zero-order valence-electron chi connectivity index (χ0n) is 11.8. The maximum Gasteiger partial charge on any atom is 0.332 e. The van der Waals surface area contributed by atoms with E-state index < -0.39 is 17.6 Å². The highest BCUT2D eigenvalue weighted by Gasteiger charge is 2.41. The largest absolute Gasteiger partial charge is 0.481 e. The van der Waals surface area contributed by atoms with Crippen LogP contribution in [0.2, 0.25) is 0 Å². The number of carboxylic acid groups (broad SMARTS) is 1. The lowest BCUT2D eigenvalue weighted by Gasteiger charge is -2.31. The van der Waals surface area contributed by atoms with Gasteiger partial charge in [0.15, 0.2) is 11.6 Å². The van der Waals surface area contributed by atoms with Crippen molar-refractivity contribution in [1.29, 1.82) is 0 Å². The van der Waals surface area contributed by atoms with E-state index in [4.69, 9.17) is 14.2 Å². The number of hydrogen-bond donors (Lipinski definition) is 1. The van der Waals surface area contributed by atoms with Crippen LogP contribution in [0.5, 0.6) is 17.8 Å². The molecule has 1 N–H and O–H groups in total. The smallest absolute Gasteiger partial charge is 0.332 e. The van der Waals surface area contributed by atoms with Crippen LogP contribution in [0.25, 0.3) is 0 Å². The number of aliphatic imine (C=N–C) groups is 1. The average Bonchev–Trinajstić information content (AvgIpc) is 2.46. The summed E-state index contributed by atoms with van der Waals surface area (Å²) in [5.41, 5.74) is -1.21. The molecule has 0 aromatic carbocycles. The number of carbonyl (C=O) groups is 1. The van der Waals surface area contributed by atoms with E-state index in [0.717, 1.165) is 0 Å². The topological polar surface area (TPSA) is 103 Å². The van der Waals surface area contributed by atoms with E-state index in [2.05, 4.69) is 15.0 Å². The highest BCUT2D eigenvalue weighted by Crippen LogP contribution is 2.27. The lowest BCUT2D eigenvalue weighted by molar-refractivity contribution is -0.142. The van der Waals surface area contributed by atoms with E-state index in [1.165, 1.54) is 26.5 Å². The SMILES string of the molecule is COc1cc(OC)nc(OC2(C)C=CC=NC2C(=O)O)n1. The summed E-state index contributed by atoms with van der Waals surface area (Å²) in [5.74, 6) is -0.612. The van der Waals surface area contributed by atoms with Crippen molar-refractivity contribution < 1.29 is 24.1 Å². The predicted octanol–water partition coefficient (Wildman–Crippen LogP) is 0.725. The fraction of sp³-hybridized carbons (Fsp3) is 0.385. The Hall–Kier alpha value is -2.64. The van der Waals surface area contributed by atoms with Gasteiger partial charge in [-0.1, -0.05) is 0 Å². The first-order valence-electron chi connectivity index (χ1n) is 6.08. The quantitative estimate of drug-likeness (QED) is 0.853. The molecule has 0 spiro atoms. The van der Waals surface area contributed by atoms with E-state index in [9.17, 15) is 9.90 Å². The molecule has 1 aromatic heterocycles. The first-order valence-corrected chi connectivity index (χ1v) is 6.08. The summed E-state index contributed by atoms with van der Waals surface area (Å²) in [5, 5.41) is 9.24. The second-order valence-corrected chi connectivity index (χ2v) is 4.42. The Bertz CT molecular complexity index is 579. The minimum absolute atomic E-state index is 0.0540. The Balaban J connectivity index is 2.33. The third kappa shape index (κ3) is 3.10. The van der Waals surface area contributed by atoms with E-state index in [-0.39, 0.29) is 17.8 Å². The number of methoxy groups -OCH3 is 2. The van der Waals surface area contributed by atoms with Gasteiger partial charge in [-0.2, -0.15) is 9.97 Å². The van der Waals surface area contributed by atoms with Gasteiger partial charge in [-0.05, 0) is 19.1 Å². The molecule has 1 aromatic rings. The summed E-state index contributed by atoms with van der Waals surface area (Å²) >= 11 is 0. The van der Waals surface area contributed by atoms with Crippen LogP contribution in [0, 0.1) is 0 Å². The number of dihydropyridines is 1. The molecule has 2 heterocycles. The average molecular weight is 293 g/mol. The van der Waals surface area contributed by atoms with Gasteiger partial charge in [-0.3, -0.25) is 4.99 Å². The summed E-state index contributed by atoms with van der Waals surface area (Å²) in [6.45, 7) is 1.59. The molecule has 0 fully saturated rings. The van der Waals surface area contributed by atoms with Gasteiger partial charge in [0, 0.05) is 6.21 Å². The lowest BCUT2D eigenvalue weighted by atomic mass is 9.94. The number of rotatable bonds is 5. The number of carboxylic acids is 1. The van der Waals surface area contributed by atoms with Crippen LogP contribution in [0.3, 0.4) is 0 Å². The second kappa shape index (κ2) is 5.78. The Morgan fingerprint density at radius 3 is 2.43 bits per heavy atom. The van der Waals surface area contributed by atoms with Gasteiger partial charge >= 0.3 is 12.0 Å². The first-order chi connectivity index (χ1) is 9.98. The summed E-state index contributed by atoms with van der Waals surface area (Å²) in [4.78, 5) is 23.2. The Kier molecular flexibility index (Phi) is 4.06. The molecule has 1 aliphatic heterocycles. The van der Waals surface area contributed by atoms with Gasteiger partial charge in [0.05, 0.1) is 20.3 Å². The molecule has 2 unspecified atom stereocenters. The predicted molar refractivity (Wildman–Crippen MR) is 73.2 cm³/mol. The number of allylic oxidation sites excluding steroid dienone is 1. The van der Waals surface area contributed by atoms with Crippen molar-refractivity contribution in [2.24, 2.45) is 4.99 Å². The molecule has 0 saturated carbocycles. The molecular weight excluding hydrogens is 278 g/mol. The van der Waals surface area contributed by atoms with Gasteiger partial charge in [0.1, 0.15) is 0 Å². The molecule has 21 heavy (non-hydrogen) atoms. The van der Waals surface area contributed by atoms with Gasteiger partial charge in [-0.25, -0.2) is 4.79 Å². The number of aliphatic carboxylic acids is 1. The van der Waals surface area contributed by atoms with Gasteiger partial charge in [-0.15, -0.1) is 0 Å². The fourth-order valence-electron chi connectivity index (χ4n) is 1.84. The second-order valence-electron chi connectivity index (χ2n) is 4.42. The van der Waals surface area contributed by atoms with Crippen LogP contribution in [-0.2, 0) is 4.79 Å². The highest BCUT2D eigenvalue weighted by atomic mass is 16.5. The Labute approximate surface area is 121 Å². The summed E-state index contributed by atoms with van der Waals surface area (Å²) in [6, 6.07) is 0.337. The van der Waals surface area contributed by atoms with E-state index >= 15 is 0 Å². The molecule has 112 valence electrons. The molecule has 2 rings (SSSR count). The lowest BCUT2D eigenvalue weighted by Crippen LogP contribution is -2.48. The monoisotopic (exact) mass is 293 g/mol. The van der Waals surface area contributed by atoms with Crippen molar-refractivity contribution >= 4 is 12.2 Å². The highest BCUT2D eigenvalue weighted by molar-refractivity contribution is 5.83. The number of ether oxygens (including phenoxy) is 3. The van der Waals surface area contributed by atoms with Crippen LogP contribution in [0.15, 0.2) is 23.2 Å². The van der Waals surface area contributed by atoms with Crippen molar-refractivity contribution in [3.05, 3.63) is 18.2 Å². The molecule has 0 saturated heterocycles.